The Kier molecular flexibility index (Phi) is 6.44. The minimum atomic E-state index is -3.58. The normalized spacial score (nSPS) is 12.1. The lowest BCUT2D eigenvalue weighted by atomic mass is 9.96. The number of benzene rings is 1. The highest BCUT2D eigenvalue weighted by Gasteiger charge is 2.29. The largest absolute Gasteiger partial charge is 0.241 e. The lowest BCUT2D eigenvalue weighted by molar-refractivity contribution is 0.451. The van der Waals surface area contributed by atoms with Crippen molar-refractivity contribution in [1.29, 1.82) is 0 Å². The van der Waals surface area contributed by atoms with E-state index in [0.717, 1.165) is 24.8 Å². The smallest absolute Gasteiger partial charge is 0.207 e. The van der Waals surface area contributed by atoms with Crippen molar-refractivity contribution < 1.29 is 8.42 Å². The average Bonchev–Trinajstić information content (AvgIpc) is 2.51. The van der Waals surface area contributed by atoms with Crippen LogP contribution in [-0.2, 0) is 16.4 Å². The van der Waals surface area contributed by atoms with Gasteiger partial charge in [-0.2, -0.15) is 4.72 Å². The summed E-state index contributed by atoms with van der Waals surface area (Å²) in [4.78, 5) is 0.268. The molecule has 0 saturated heterocycles. The van der Waals surface area contributed by atoms with E-state index in [1.165, 1.54) is 0 Å². The topological polar surface area (TPSA) is 46.2 Å². The maximum absolute atomic E-state index is 12.4. The third-order valence-electron chi connectivity index (χ3n) is 3.87. The Morgan fingerprint density at radius 1 is 1.14 bits per heavy atom. The Bertz CT molecular complexity index is 578. The maximum Gasteiger partial charge on any atom is 0.241 e. The molecule has 0 unspecified atom stereocenters. The van der Waals surface area contributed by atoms with Crippen molar-refractivity contribution >= 4 is 10.0 Å². The molecular formula is C17H25NO2S. The summed E-state index contributed by atoms with van der Waals surface area (Å²) in [7, 11) is -3.58. The van der Waals surface area contributed by atoms with Gasteiger partial charge in [0.15, 0.2) is 0 Å². The summed E-state index contributed by atoms with van der Waals surface area (Å²) in [5.74, 6) is 2.59. The number of sulfonamides is 1. The van der Waals surface area contributed by atoms with Gasteiger partial charge in [0.1, 0.15) is 0 Å². The van der Waals surface area contributed by atoms with E-state index in [2.05, 4.69) is 17.6 Å². The van der Waals surface area contributed by atoms with Crippen molar-refractivity contribution in [3.05, 3.63) is 29.8 Å². The highest BCUT2D eigenvalue weighted by atomic mass is 32.2. The van der Waals surface area contributed by atoms with Crippen LogP contribution in [0.3, 0.4) is 0 Å². The predicted molar refractivity (Wildman–Crippen MR) is 87.5 cm³/mol. The summed E-state index contributed by atoms with van der Waals surface area (Å²) in [6, 6.07) is 7.05. The van der Waals surface area contributed by atoms with Crippen LogP contribution in [0.15, 0.2) is 29.2 Å². The molecule has 1 N–H and O–H groups in total. The van der Waals surface area contributed by atoms with Crippen molar-refractivity contribution in [3.8, 4) is 12.3 Å². The van der Waals surface area contributed by atoms with Crippen LogP contribution >= 0.6 is 0 Å². The van der Waals surface area contributed by atoms with Gasteiger partial charge in [0.25, 0.3) is 0 Å². The molecule has 0 radical (unpaired) electrons. The van der Waals surface area contributed by atoms with Crippen molar-refractivity contribution in [2.75, 3.05) is 0 Å². The predicted octanol–water partition coefficient (Wildman–Crippen LogP) is 3.50. The molecule has 0 aromatic heterocycles. The summed E-state index contributed by atoms with van der Waals surface area (Å²) in [5.41, 5.74) is 0.352. The zero-order valence-electron chi connectivity index (χ0n) is 13.1. The van der Waals surface area contributed by atoms with Crippen LogP contribution in [0.25, 0.3) is 0 Å². The van der Waals surface area contributed by atoms with Gasteiger partial charge in [-0.15, -0.1) is 6.42 Å². The van der Waals surface area contributed by atoms with Crippen molar-refractivity contribution in [2.45, 2.75) is 63.3 Å². The number of hydrogen-bond acceptors (Lipinski definition) is 2. The number of unbranched alkanes of at least 4 members (excludes halogenated alkanes) is 1. The molecule has 0 fully saturated rings. The molecule has 0 saturated carbocycles. The van der Waals surface area contributed by atoms with Crippen molar-refractivity contribution in [3.63, 3.8) is 0 Å². The molecule has 0 aliphatic carbocycles. The van der Waals surface area contributed by atoms with Gasteiger partial charge in [0, 0.05) is 0 Å². The molecule has 0 aliphatic rings. The molecule has 0 aliphatic heterocycles. The molecule has 0 heterocycles. The minimum absolute atomic E-state index is 0.268. The molecule has 21 heavy (non-hydrogen) atoms. The lowest BCUT2D eigenvalue weighted by Crippen LogP contribution is -2.46. The van der Waals surface area contributed by atoms with Crippen LogP contribution in [0.1, 0.15) is 52.0 Å². The second kappa shape index (κ2) is 7.63. The van der Waals surface area contributed by atoms with E-state index < -0.39 is 15.6 Å². The second-order valence-corrected chi connectivity index (χ2v) is 6.97. The molecule has 0 amide bonds. The summed E-state index contributed by atoms with van der Waals surface area (Å²) < 4.78 is 27.6. The molecule has 116 valence electrons. The summed E-state index contributed by atoms with van der Waals surface area (Å²) in [5, 5.41) is 0. The number of aryl methyl sites for hydroxylation is 1. The quantitative estimate of drug-likeness (QED) is 0.747. The third kappa shape index (κ3) is 4.59. The van der Waals surface area contributed by atoms with Gasteiger partial charge in [-0.1, -0.05) is 45.2 Å². The Hall–Kier alpha value is -1.31. The first-order valence-corrected chi connectivity index (χ1v) is 9.02. The Morgan fingerprint density at radius 3 is 2.14 bits per heavy atom. The highest BCUT2D eigenvalue weighted by molar-refractivity contribution is 7.89. The van der Waals surface area contributed by atoms with Gasteiger partial charge in [0.2, 0.25) is 10.0 Å². The maximum atomic E-state index is 12.4. The van der Waals surface area contributed by atoms with Crippen molar-refractivity contribution in [1.82, 2.24) is 4.72 Å². The van der Waals surface area contributed by atoms with E-state index >= 15 is 0 Å². The Labute approximate surface area is 129 Å². The van der Waals surface area contributed by atoms with Crippen LogP contribution in [0.2, 0.25) is 0 Å². The average molecular weight is 307 g/mol. The Morgan fingerprint density at radius 2 is 1.71 bits per heavy atom. The van der Waals surface area contributed by atoms with Crippen LogP contribution in [-0.4, -0.2) is 14.0 Å². The first-order chi connectivity index (χ1) is 9.93. The third-order valence-corrected chi connectivity index (χ3v) is 5.42. The first kappa shape index (κ1) is 17.7. The van der Waals surface area contributed by atoms with Crippen LogP contribution in [0.5, 0.6) is 0 Å². The summed E-state index contributed by atoms with van der Waals surface area (Å²) in [6.07, 6.45) is 9.85. The molecule has 0 atom stereocenters. The summed E-state index contributed by atoms with van der Waals surface area (Å²) in [6.45, 7) is 5.91. The highest BCUT2D eigenvalue weighted by Crippen LogP contribution is 2.19. The number of nitrogens with one attached hydrogen (secondary N) is 1. The van der Waals surface area contributed by atoms with E-state index in [-0.39, 0.29) is 4.90 Å². The Balaban J connectivity index is 2.95. The molecule has 0 bridgehead atoms. The molecule has 1 aromatic carbocycles. The fraction of sp³-hybridized carbons (Fsp3) is 0.529. The fourth-order valence-electron chi connectivity index (χ4n) is 2.16. The zero-order chi connectivity index (χ0) is 15.9. The molecule has 1 rings (SSSR count). The number of rotatable bonds is 8. The molecule has 3 nitrogen and oxygen atoms in total. The summed E-state index contributed by atoms with van der Waals surface area (Å²) >= 11 is 0. The monoisotopic (exact) mass is 307 g/mol. The van der Waals surface area contributed by atoms with Gasteiger partial charge < -0.3 is 0 Å². The van der Waals surface area contributed by atoms with Crippen LogP contribution in [0.4, 0.5) is 0 Å². The van der Waals surface area contributed by atoms with Gasteiger partial charge in [0.05, 0.1) is 10.4 Å². The van der Waals surface area contributed by atoms with Crippen molar-refractivity contribution in [2.24, 2.45) is 0 Å². The molecule has 0 spiro atoms. The second-order valence-electron chi connectivity index (χ2n) is 5.29. The van der Waals surface area contributed by atoms with E-state index in [1.54, 1.807) is 12.1 Å². The molecule has 4 heteroatoms. The minimum Gasteiger partial charge on any atom is -0.207 e. The van der Waals surface area contributed by atoms with Gasteiger partial charge >= 0.3 is 0 Å². The van der Waals surface area contributed by atoms with E-state index in [0.29, 0.717) is 12.8 Å². The van der Waals surface area contributed by atoms with Crippen LogP contribution in [0, 0.1) is 12.3 Å². The molecular weight excluding hydrogens is 282 g/mol. The van der Waals surface area contributed by atoms with Crippen LogP contribution < -0.4 is 4.72 Å². The number of terminal acetylenes is 1. The standard InChI is InChI=1S/C17H25NO2S/c1-5-9-10-15-11-13-16(14-12-15)21(19,20)18-17(6-2,7-3)8-4/h2,11-14,18H,5,7-10H2,1,3-4H3. The fourth-order valence-corrected chi connectivity index (χ4v) is 3.63. The van der Waals surface area contributed by atoms with E-state index in [1.807, 2.05) is 26.0 Å². The van der Waals surface area contributed by atoms with E-state index in [9.17, 15) is 8.42 Å². The van der Waals surface area contributed by atoms with Gasteiger partial charge in [-0.25, -0.2) is 8.42 Å². The first-order valence-electron chi connectivity index (χ1n) is 7.53. The lowest BCUT2D eigenvalue weighted by Gasteiger charge is -2.26. The number of hydrogen-bond donors (Lipinski definition) is 1. The van der Waals surface area contributed by atoms with Gasteiger partial charge in [-0.05, 0) is 43.4 Å². The molecule has 1 aromatic rings. The SMILES string of the molecule is C#CC(CC)(CC)NS(=O)(=O)c1ccc(CCCC)cc1. The van der Waals surface area contributed by atoms with E-state index in [4.69, 9.17) is 6.42 Å². The van der Waals surface area contributed by atoms with Gasteiger partial charge in [-0.3, -0.25) is 0 Å². The zero-order valence-corrected chi connectivity index (χ0v) is 14.0.